The average molecular weight is 225 g/mol. The van der Waals surface area contributed by atoms with Crippen molar-refractivity contribution < 1.29 is 4.39 Å². The van der Waals surface area contributed by atoms with E-state index in [1.54, 1.807) is 23.9 Å². The highest BCUT2D eigenvalue weighted by atomic mass is 32.2. The van der Waals surface area contributed by atoms with Crippen LogP contribution in [0.1, 0.15) is 12.0 Å². The number of benzene rings is 1. The van der Waals surface area contributed by atoms with Crippen LogP contribution in [0.4, 0.5) is 4.39 Å². The molecule has 0 bridgehead atoms. The smallest absolute Gasteiger partial charge is 0.123 e. The van der Waals surface area contributed by atoms with E-state index in [-0.39, 0.29) is 5.82 Å². The lowest BCUT2D eigenvalue weighted by molar-refractivity contribution is 0.567. The first kappa shape index (κ1) is 11.0. The maximum atomic E-state index is 13.1. The third-order valence-corrected chi connectivity index (χ3v) is 3.75. The van der Waals surface area contributed by atoms with Crippen molar-refractivity contribution in [2.75, 3.05) is 19.3 Å². The predicted molar refractivity (Wildman–Crippen MR) is 62.9 cm³/mol. The minimum absolute atomic E-state index is 0.117. The summed E-state index contributed by atoms with van der Waals surface area (Å²) in [5.74, 6) is 0.562. The molecule has 1 aromatic carbocycles. The maximum Gasteiger partial charge on any atom is 0.123 e. The molecule has 1 fully saturated rings. The Kier molecular flexibility index (Phi) is 3.65. The number of nitrogens with one attached hydrogen (secondary N) is 1. The standard InChI is InChI=1S/C12H16FNS/c1-15-12-3-2-11(13)7-10(12)6-9-4-5-14-8-9/h2-3,7,9,14H,4-6,8H2,1H3. The van der Waals surface area contributed by atoms with Gasteiger partial charge in [0.25, 0.3) is 0 Å². The molecule has 3 heteroatoms. The fourth-order valence-electron chi connectivity index (χ4n) is 2.11. The van der Waals surface area contributed by atoms with E-state index < -0.39 is 0 Å². The Hall–Kier alpha value is -0.540. The van der Waals surface area contributed by atoms with Crippen molar-refractivity contribution in [2.45, 2.75) is 17.7 Å². The molecule has 0 aromatic heterocycles. The van der Waals surface area contributed by atoms with Crippen LogP contribution < -0.4 is 5.32 Å². The Morgan fingerprint density at radius 3 is 3.07 bits per heavy atom. The summed E-state index contributed by atoms with van der Waals surface area (Å²) in [6.45, 7) is 2.18. The van der Waals surface area contributed by atoms with Crippen molar-refractivity contribution in [1.29, 1.82) is 0 Å². The molecule has 82 valence electrons. The SMILES string of the molecule is CSc1ccc(F)cc1CC1CCNC1. The largest absolute Gasteiger partial charge is 0.316 e. The molecule has 15 heavy (non-hydrogen) atoms. The Bertz CT molecular complexity index is 334. The second kappa shape index (κ2) is 4.99. The minimum atomic E-state index is -0.117. The van der Waals surface area contributed by atoms with Crippen LogP contribution in [-0.2, 0) is 6.42 Å². The third kappa shape index (κ3) is 2.73. The van der Waals surface area contributed by atoms with Crippen molar-refractivity contribution in [2.24, 2.45) is 5.92 Å². The van der Waals surface area contributed by atoms with Crippen LogP contribution in [0.15, 0.2) is 23.1 Å². The highest BCUT2D eigenvalue weighted by Gasteiger charge is 2.16. The minimum Gasteiger partial charge on any atom is -0.316 e. The van der Waals surface area contributed by atoms with E-state index in [9.17, 15) is 4.39 Å². The van der Waals surface area contributed by atoms with Crippen molar-refractivity contribution in [1.82, 2.24) is 5.32 Å². The summed E-state index contributed by atoms with van der Waals surface area (Å²) in [5, 5.41) is 3.34. The zero-order valence-electron chi connectivity index (χ0n) is 8.92. The molecule has 0 saturated carbocycles. The fraction of sp³-hybridized carbons (Fsp3) is 0.500. The average Bonchev–Trinajstić information content (AvgIpc) is 2.71. The van der Waals surface area contributed by atoms with Crippen LogP contribution in [0.3, 0.4) is 0 Å². The second-order valence-electron chi connectivity index (χ2n) is 4.02. The van der Waals surface area contributed by atoms with Gasteiger partial charge in [-0.15, -0.1) is 11.8 Å². The molecule has 1 atom stereocenters. The molecule has 1 aliphatic heterocycles. The number of thioether (sulfide) groups is 1. The molecule has 0 spiro atoms. The molecule has 1 saturated heterocycles. The van der Waals surface area contributed by atoms with Crippen LogP contribution in [-0.4, -0.2) is 19.3 Å². The molecule has 1 nitrogen and oxygen atoms in total. The monoisotopic (exact) mass is 225 g/mol. The first-order valence-electron chi connectivity index (χ1n) is 5.32. The van der Waals surface area contributed by atoms with E-state index in [4.69, 9.17) is 0 Å². The van der Waals surface area contributed by atoms with Gasteiger partial charge in [0.1, 0.15) is 5.82 Å². The van der Waals surface area contributed by atoms with Crippen LogP contribution in [0.25, 0.3) is 0 Å². The molecular formula is C12H16FNS. The molecule has 1 heterocycles. The lowest BCUT2D eigenvalue weighted by Crippen LogP contribution is -2.11. The molecule has 1 aromatic rings. The summed E-state index contributed by atoms with van der Waals surface area (Å²) in [4.78, 5) is 1.21. The molecule has 1 aliphatic rings. The van der Waals surface area contributed by atoms with Crippen LogP contribution >= 0.6 is 11.8 Å². The molecule has 0 amide bonds. The molecule has 1 N–H and O–H groups in total. The Morgan fingerprint density at radius 2 is 2.40 bits per heavy atom. The van der Waals surface area contributed by atoms with E-state index in [0.717, 1.165) is 25.1 Å². The Morgan fingerprint density at radius 1 is 1.53 bits per heavy atom. The zero-order valence-corrected chi connectivity index (χ0v) is 9.74. The molecular weight excluding hydrogens is 209 g/mol. The van der Waals surface area contributed by atoms with Crippen molar-refractivity contribution in [3.8, 4) is 0 Å². The first-order chi connectivity index (χ1) is 7.29. The van der Waals surface area contributed by atoms with Gasteiger partial charge in [-0.25, -0.2) is 4.39 Å². The predicted octanol–water partition coefficient (Wildman–Crippen LogP) is 2.70. The summed E-state index contributed by atoms with van der Waals surface area (Å²) in [6, 6.07) is 5.12. The lowest BCUT2D eigenvalue weighted by atomic mass is 9.98. The van der Waals surface area contributed by atoms with Crippen molar-refractivity contribution >= 4 is 11.8 Å². The van der Waals surface area contributed by atoms with Gasteiger partial charge in [-0.3, -0.25) is 0 Å². The zero-order chi connectivity index (χ0) is 10.7. The lowest BCUT2D eigenvalue weighted by Gasteiger charge is -2.11. The summed E-state index contributed by atoms with van der Waals surface area (Å²) >= 11 is 1.70. The second-order valence-corrected chi connectivity index (χ2v) is 4.87. The molecule has 0 aliphatic carbocycles. The van der Waals surface area contributed by atoms with Crippen LogP contribution in [0, 0.1) is 11.7 Å². The summed E-state index contributed by atoms with van der Waals surface area (Å²) < 4.78 is 13.1. The highest BCUT2D eigenvalue weighted by Crippen LogP contribution is 2.25. The van der Waals surface area contributed by atoms with Gasteiger partial charge in [-0.1, -0.05) is 0 Å². The van der Waals surface area contributed by atoms with E-state index in [0.29, 0.717) is 5.92 Å². The quantitative estimate of drug-likeness (QED) is 0.794. The fourth-order valence-corrected chi connectivity index (χ4v) is 2.71. The normalized spacial score (nSPS) is 20.8. The van der Waals surface area contributed by atoms with Gasteiger partial charge in [0.05, 0.1) is 0 Å². The van der Waals surface area contributed by atoms with Gasteiger partial charge in [-0.05, 0) is 61.9 Å². The van der Waals surface area contributed by atoms with E-state index in [1.165, 1.54) is 11.3 Å². The van der Waals surface area contributed by atoms with Crippen LogP contribution in [0.2, 0.25) is 0 Å². The van der Waals surface area contributed by atoms with Gasteiger partial charge in [0, 0.05) is 4.90 Å². The number of halogens is 1. The maximum absolute atomic E-state index is 13.1. The van der Waals surface area contributed by atoms with Gasteiger partial charge in [-0.2, -0.15) is 0 Å². The van der Waals surface area contributed by atoms with E-state index >= 15 is 0 Å². The van der Waals surface area contributed by atoms with Crippen molar-refractivity contribution in [3.05, 3.63) is 29.6 Å². The van der Waals surface area contributed by atoms with Gasteiger partial charge in [0.15, 0.2) is 0 Å². The van der Waals surface area contributed by atoms with Crippen molar-refractivity contribution in [3.63, 3.8) is 0 Å². The molecule has 2 rings (SSSR count). The van der Waals surface area contributed by atoms with Gasteiger partial charge in [0.2, 0.25) is 0 Å². The number of hydrogen-bond donors (Lipinski definition) is 1. The highest BCUT2D eigenvalue weighted by molar-refractivity contribution is 7.98. The van der Waals surface area contributed by atoms with Crippen LogP contribution in [0.5, 0.6) is 0 Å². The Labute approximate surface area is 94.5 Å². The molecule has 0 radical (unpaired) electrons. The third-order valence-electron chi connectivity index (χ3n) is 2.91. The van der Waals surface area contributed by atoms with Gasteiger partial charge < -0.3 is 5.32 Å². The van der Waals surface area contributed by atoms with Gasteiger partial charge >= 0.3 is 0 Å². The first-order valence-corrected chi connectivity index (χ1v) is 6.55. The molecule has 1 unspecified atom stereocenters. The topological polar surface area (TPSA) is 12.0 Å². The summed E-state index contributed by atoms with van der Waals surface area (Å²) in [5.41, 5.74) is 1.16. The Balaban J connectivity index is 2.14. The summed E-state index contributed by atoms with van der Waals surface area (Å²) in [7, 11) is 0. The summed E-state index contributed by atoms with van der Waals surface area (Å²) in [6.07, 6.45) is 4.26. The van der Waals surface area contributed by atoms with E-state index in [1.807, 2.05) is 12.3 Å². The van der Waals surface area contributed by atoms with E-state index in [2.05, 4.69) is 5.32 Å². The number of rotatable bonds is 3. The number of hydrogen-bond acceptors (Lipinski definition) is 2.